The zero-order valence-electron chi connectivity index (χ0n) is 9.84. The number of nitrogens with zero attached hydrogens (tertiary/aromatic N) is 3. The third-order valence-electron chi connectivity index (χ3n) is 2.63. The molecule has 0 aromatic carbocycles. The van der Waals surface area contributed by atoms with E-state index in [1.807, 2.05) is 35.9 Å². The summed E-state index contributed by atoms with van der Waals surface area (Å²) in [5.41, 5.74) is 2.64. The van der Waals surface area contributed by atoms with Crippen LogP contribution in [0.5, 0.6) is 5.88 Å². The molecule has 86 valence electrons. The molecule has 0 saturated carbocycles. The van der Waals surface area contributed by atoms with Gasteiger partial charge in [0, 0.05) is 36.1 Å². The fourth-order valence-corrected chi connectivity index (χ4v) is 1.69. The third-order valence-corrected chi connectivity index (χ3v) is 2.63. The van der Waals surface area contributed by atoms with Gasteiger partial charge < -0.3 is 9.30 Å². The zero-order chi connectivity index (χ0) is 12.3. The Morgan fingerprint density at radius 1 is 1.41 bits per heavy atom. The van der Waals surface area contributed by atoms with E-state index in [4.69, 9.17) is 10.00 Å². The summed E-state index contributed by atoms with van der Waals surface area (Å²) in [6.45, 7) is 2.80. The predicted octanol–water partition coefficient (Wildman–Crippen LogP) is 2.45. The zero-order valence-corrected chi connectivity index (χ0v) is 9.84. The van der Waals surface area contributed by atoms with Gasteiger partial charge >= 0.3 is 0 Å². The number of aryl methyl sites for hydroxylation is 1. The van der Waals surface area contributed by atoms with E-state index in [1.165, 1.54) is 0 Å². The molecule has 0 aliphatic carbocycles. The van der Waals surface area contributed by atoms with Gasteiger partial charge in [0.15, 0.2) is 0 Å². The van der Waals surface area contributed by atoms with Crippen LogP contribution in [0.15, 0.2) is 30.6 Å². The molecular formula is C13H13N3O. The van der Waals surface area contributed by atoms with Crippen molar-refractivity contribution in [3.63, 3.8) is 0 Å². The normalized spacial score (nSPS) is 9.94. The quantitative estimate of drug-likeness (QED) is 0.809. The Hall–Kier alpha value is -2.28. The van der Waals surface area contributed by atoms with E-state index < -0.39 is 0 Å². The van der Waals surface area contributed by atoms with Gasteiger partial charge in [-0.25, -0.2) is 4.98 Å². The number of pyridine rings is 1. The molecule has 2 rings (SSSR count). The SMILES string of the molecule is CCn1cc(-c2ccc(OC)nc2)cc1C#N. The first-order valence-electron chi connectivity index (χ1n) is 5.39. The van der Waals surface area contributed by atoms with E-state index in [1.54, 1.807) is 13.3 Å². The van der Waals surface area contributed by atoms with Crippen LogP contribution in [-0.4, -0.2) is 16.7 Å². The minimum atomic E-state index is 0.587. The first kappa shape index (κ1) is 11.2. The van der Waals surface area contributed by atoms with Crippen LogP contribution in [-0.2, 0) is 6.54 Å². The van der Waals surface area contributed by atoms with Gasteiger partial charge in [0.1, 0.15) is 11.8 Å². The maximum atomic E-state index is 8.99. The lowest BCUT2D eigenvalue weighted by atomic mass is 10.1. The average Bonchev–Trinajstić information content (AvgIpc) is 2.82. The molecule has 0 aliphatic heterocycles. The van der Waals surface area contributed by atoms with E-state index in [9.17, 15) is 0 Å². The Morgan fingerprint density at radius 2 is 2.24 bits per heavy atom. The van der Waals surface area contributed by atoms with Crippen molar-refractivity contribution >= 4 is 0 Å². The predicted molar refractivity (Wildman–Crippen MR) is 64.6 cm³/mol. The van der Waals surface area contributed by atoms with E-state index in [2.05, 4.69) is 11.1 Å². The van der Waals surface area contributed by atoms with Crippen molar-refractivity contribution < 1.29 is 4.74 Å². The van der Waals surface area contributed by atoms with E-state index in [0.717, 1.165) is 17.7 Å². The number of aromatic nitrogens is 2. The summed E-state index contributed by atoms with van der Waals surface area (Å²) in [6, 6.07) is 7.79. The summed E-state index contributed by atoms with van der Waals surface area (Å²) in [6.07, 6.45) is 3.71. The second kappa shape index (κ2) is 4.71. The highest BCUT2D eigenvalue weighted by Crippen LogP contribution is 2.22. The first-order chi connectivity index (χ1) is 8.28. The van der Waals surface area contributed by atoms with Gasteiger partial charge in [-0.15, -0.1) is 0 Å². The fraction of sp³-hybridized carbons (Fsp3) is 0.231. The van der Waals surface area contributed by atoms with Crippen molar-refractivity contribution in [2.24, 2.45) is 0 Å². The summed E-state index contributed by atoms with van der Waals surface area (Å²) in [5, 5.41) is 8.99. The van der Waals surface area contributed by atoms with E-state index in [-0.39, 0.29) is 0 Å². The van der Waals surface area contributed by atoms with Crippen molar-refractivity contribution in [2.75, 3.05) is 7.11 Å². The second-order valence-corrected chi connectivity index (χ2v) is 3.60. The smallest absolute Gasteiger partial charge is 0.212 e. The number of rotatable bonds is 3. The fourth-order valence-electron chi connectivity index (χ4n) is 1.69. The lowest BCUT2D eigenvalue weighted by Crippen LogP contribution is -1.93. The first-order valence-corrected chi connectivity index (χ1v) is 5.39. The van der Waals surface area contributed by atoms with Gasteiger partial charge in [0.2, 0.25) is 5.88 Å². The molecule has 2 aromatic rings. The van der Waals surface area contributed by atoms with Gasteiger partial charge in [-0.2, -0.15) is 5.26 Å². The largest absolute Gasteiger partial charge is 0.481 e. The molecule has 0 saturated heterocycles. The standard InChI is InChI=1S/C13H13N3O/c1-3-16-9-11(6-12(16)7-14)10-4-5-13(17-2)15-8-10/h4-6,8-9H,3H2,1-2H3. The Morgan fingerprint density at radius 3 is 2.71 bits per heavy atom. The molecule has 0 amide bonds. The second-order valence-electron chi connectivity index (χ2n) is 3.60. The molecule has 2 aromatic heterocycles. The molecule has 0 atom stereocenters. The molecule has 2 heterocycles. The maximum Gasteiger partial charge on any atom is 0.212 e. The van der Waals surface area contributed by atoms with Crippen molar-refractivity contribution in [2.45, 2.75) is 13.5 Å². The van der Waals surface area contributed by atoms with Crippen LogP contribution in [0.1, 0.15) is 12.6 Å². The third kappa shape index (κ3) is 2.13. The molecule has 0 fully saturated rings. The lowest BCUT2D eigenvalue weighted by molar-refractivity contribution is 0.398. The highest BCUT2D eigenvalue weighted by atomic mass is 16.5. The monoisotopic (exact) mass is 227 g/mol. The molecule has 4 heteroatoms. The Kier molecular flexibility index (Phi) is 3.10. The minimum Gasteiger partial charge on any atom is -0.481 e. The van der Waals surface area contributed by atoms with Gasteiger partial charge in [-0.05, 0) is 19.1 Å². The Labute approximate surface area is 100 Å². The van der Waals surface area contributed by atoms with E-state index >= 15 is 0 Å². The summed E-state index contributed by atoms with van der Waals surface area (Å²) in [4.78, 5) is 4.15. The molecule has 17 heavy (non-hydrogen) atoms. The van der Waals surface area contributed by atoms with Crippen LogP contribution in [0.4, 0.5) is 0 Å². The van der Waals surface area contributed by atoms with Crippen LogP contribution in [0.3, 0.4) is 0 Å². The van der Waals surface area contributed by atoms with Crippen LogP contribution < -0.4 is 4.74 Å². The molecular weight excluding hydrogens is 214 g/mol. The molecule has 0 N–H and O–H groups in total. The number of nitriles is 1. The number of hydrogen-bond acceptors (Lipinski definition) is 3. The highest BCUT2D eigenvalue weighted by Gasteiger charge is 2.06. The Bertz CT molecular complexity index is 549. The van der Waals surface area contributed by atoms with Crippen molar-refractivity contribution in [1.82, 2.24) is 9.55 Å². The molecule has 0 unspecified atom stereocenters. The molecule has 0 radical (unpaired) electrons. The molecule has 0 spiro atoms. The van der Waals surface area contributed by atoms with Gasteiger partial charge in [-0.1, -0.05) is 0 Å². The van der Waals surface area contributed by atoms with Crippen LogP contribution in [0, 0.1) is 11.3 Å². The van der Waals surface area contributed by atoms with Crippen LogP contribution >= 0.6 is 0 Å². The summed E-state index contributed by atoms with van der Waals surface area (Å²) in [5.74, 6) is 0.587. The molecule has 4 nitrogen and oxygen atoms in total. The average molecular weight is 227 g/mol. The minimum absolute atomic E-state index is 0.587. The van der Waals surface area contributed by atoms with Crippen LogP contribution in [0.2, 0.25) is 0 Å². The lowest BCUT2D eigenvalue weighted by Gasteiger charge is -2.00. The Balaban J connectivity index is 2.39. The van der Waals surface area contributed by atoms with Gasteiger partial charge in [0.25, 0.3) is 0 Å². The number of methoxy groups -OCH3 is 1. The number of ether oxygens (including phenoxy) is 1. The van der Waals surface area contributed by atoms with Gasteiger partial charge in [-0.3, -0.25) is 0 Å². The number of hydrogen-bond donors (Lipinski definition) is 0. The maximum absolute atomic E-state index is 8.99. The summed E-state index contributed by atoms with van der Waals surface area (Å²) >= 11 is 0. The van der Waals surface area contributed by atoms with Crippen molar-refractivity contribution in [3.8, 4) is 23.1 Å². The molecule has 0 bridgehead atoms. The topological polar surface area (TPSA) is 50.8 Å². The van der Waals surface area contributed by atoms with Gasteiger partial charge in [0.05, 0.1) is 7.11 Å². The summed E-state index contributed by atoms with van der Waals surface area (Å²) in [7, 11) is 1.59. The van der Waals surface area contributed by atoms with E-state index in [0.29, 0.717) is 11.6 Å². The van der Waals surface area contributed by atoms with Crippen molar-refractivity contribution in [3.05, 3.63) is 36.3 Å². The van der Waals surface area contributed by atoms with Crippen LogP contribution in [0.25, 0.3) is 11.1 Å². The summed E-state index contributed by atoms with van der Waals surface area (Å²) < 4.78 is 6.92. The molecule has 0 aliphatic rings. The highest BCUT2D eigenvalue weighted by molar-refractivity contribution is 5.64. The van der Waals surface area contributed by atoms with Crippen molar-refractivity contribution in [1.29, 1.82) is 5.26 Å².